The maximum absolute atomic E-state index is 13.1. The highest BCUT2D eigenvalue weighted by Crippen LogP contribution is 2.11. The topological polar surface area (TPSA) is 17.1 Å². The van der Waals surface area contributed by atoms with E-state index in [0.29, 0.717) is 6.42 Å². The van der Waals surface area contributed by atoms with Crippen LogP contribution in [0.25, 0.3) is 0 Å². The summed E-state index contributed by atoms with van der Waals surface area (Å²) in [5, 5.41) is 0. The third-order valence-electron chi connectivity index (χ3n) is 2.18. The maximum atomic E-state index is 13.1. The smallest absolute Gasteiger partial charge is 0.165 e. The number of benzene rings is 1. The second-order valence-electron chi connectivity index (χ2n) is 3.36. The van der Waals surface area contributed by atoms with Crippen LogP contribution in [0.1, 0.15) is 43.0 Å². The summed E-state index contributed by atoms with van der Waals surface area (Å²) in [5.41, 5.74) is 0.226. The molecule has 0 aliphatic rings. The summed E-state index contributed by atoms with van der Waals surface area (Å²) < 4.78 is 13.1. The molecule has 0 saturated heterocycles. The molecule has 1 nitrogen and oxygen atoms in total. The van der Waals surface area contributed by atoms with Crippen LogP contribution in [0.5, 0.6) is 0 Å². The van der Waals surface area contributed by atoms with Crippen molar-refractivity contribution < 1.29 is 9.18 Å². The van der Waals surface area contributed by atoms with E-state index in [0.717, 1.165) is 19.3 Å². The predicted molar refractivity (Wildman–Crippen MR) is 54.9 cm³/mol. The van der Waals surface area contributed by atoms with E-state index in [9.17, 15) is 9.18 Å². The standard InChI is InChI=1S/C12H15FO/c1-2-3-4-9-12(14)10-7-5-6-8-11(10)13/h5-8H,2-4,9H2,1H3. The van der Waals surface area contributed by atoms with Crippen LogP contribution in [0, 0.1) is 5.82 Å². The van der Waals surface area contributed by atoms with Gasteiger partial charge in [-0.1, -0.05) is 31.9 Å². The van der Waals surface area contributed by atoms with Gasteiger partial charge in [0.15, 0.2) is 5.78 Å². The van der Waals surface area contributed by atoms with Gasteiger partial charge in [-0.25, -0.2) is 4.39 Å². The van der Waals surface area contributed by atoms with Crippen molar-refractivity contribution in [3.8, 4) is 0 Å². The number of carbonyl (C=O) groups is 1. The van der Waals surface area contributed by atoms with Crippen molar-refractivity contribution in [1.29, 1.82) is 0 Å². The minimum atomic E-state index is -0.408. The van der Waals surface area contributed by atoms with Gasteiger partial charge in [0, 0.05) is 6.42 Å². The molecule has 0 saturated carbocycles. The SMILES string of the molecule is CCCCCC(=O)c1ccccc1F. The normalized spacial score (nSPS) is 10.1. The Balaban J connectivity index is 2.56. The number of ketones is 1. The second-order valence-corrected chi connectivity index (χ2v) is 3.36. The molecule has 0 aliphatic heterocycles. The number of halogens is 1. The quantitative estimate of drug-likeness (QED) is 0.517. The molecule has 14 heavy (non-hydrogen) atoms. The molecule has 0 fully saturated rings. The monoisotopic (exact) mass is 194 g/mol. The molecule has 76 valence electrons. The summed E-state index contributed by atoms with van der Waals surface area (Å²) in [6, 6.07) is 6.16. The van der Waals surface area contributed by atoms with E-state index < -0.39 is 5.82 Å². The minimum Gasteiger partial charge on any atom is -0.294 e. The molecule has 1 rings (SSSR count). The highest BCUT2D eigenvalue weighted by atomic mass is 19.1. The van der Waals surface area contributed by atoms with E-state index in [1.165, 1.54) is 6.07 Å². The van der Waals surface area contributed by atoms with Gasteiger partial charge in [0.2, 0.25) is 0 Å². The van der Waals surface area contributed by atoms with Gasteiger partial charge in [0.05, 0.1) is 5.56 Å². The Hall–Kier alpha value is -1.18. The van der Waals surface area contributed by atoms with Gasteiger partial charge >= 0.3 is 0 Å². The lowest BCUT2D eigenvalue weighted by molar-refractivity contribution is 0.0975. The van der Waals surface area contributed by atoms with Gasteiger partial charge in [-0.2, -0.15) is 0 Å². The minimum absolute atomic E-state index is 0.0865. The zero-order valence-corrected chi connectivity index (χ0v) is 8.42. The molecule has 0 radical (unpaired) electrons. The Morgan fingerprint density at radius 2 is 2.00 bits per heavy atom. The third-order valence-corrected chi connectivity index (χ3v) is 2.18. The summed E-state index contributed by atoms with van der Waals surface area (Å²) in [5.74, 6) is -0.495. The molecule has 0 N–H and O–H groups in total. The lowest BCUT2D eigenvalue weighted by Gasteiger charge is -2.01. The van der Waals surface area contributed by atoms with Crippen molar-refractivity contribution in [3.63, 3.8) is 0 Å². The van der Waals surface area contributed by atoms with E-state index >= 15 is 0 Å². The highest BCUT2D eigenvalue weighted by molar-refractivity contribution is 5.96. The van der Waals surface area contributed by atoms with E-state index in [-0.39, 0.29) is 11.3 Å². The molecule has 1 aromatic carbocycles. The molecule has 0 spiro atoms. The van der Waals surface area contributed by atoms with Crippen molar-refractivity contribution in [2.75, 3.05) is 0 Å². The molecule has 1 aromatic rings. The highest BCUT2D eigenvalue weighted by Gasteiger charge is 2.09. The van der Waals surface area contributed by atoms with E-state index in [1.807, 2.05) is 0 Å². The molecule has 2 heteroatoms. The zero-order valence-electron chi connectivity index (χ0n) is 8.42. The second kappa shape index (κ2) is 5.53. The first-order valence-electron chi connectivity index (χ1n) is 5.03. The van der Waals surface area contributed by atoms with Crippen LogP contribution in [-0.4, -0.2) is 5.78 Å². The average molecular weight is 194 g/mol. The number of hydrogen-bond acceptors (Lipinski definition) is 1. The Kier molecular flexibility index (Phi) is 4.30. The lowest BCUT2D eigenvalue weighted by atomic mass is 10.0. The van der Waals surface area contributed by atoms with E-state index in [4.69, 9.17) is 0 Å². The first-order valence-corrected chi connectivity index (χ1v) is 5.03. The molecular formula is C12H15FO. The van der Waals surface area contributed by atoms with Gasteiger partial charge in [-0.15, -0.1) is 0 Å². The number of rotatable bonds is 5. The van der Waals surface area contributed by atoms with Crippen LogP contribution in [0.15, 0.2) is 24.3 Å². The summed E-state index contributed by atoms with van der Waals surface area (Å²) in [6.45, 7) is 2.08. The number of Topliss-reactive ketones (excluding diaryl/α,β-unsaturated/α-hetero) is 1. The largest absolute Gasteiger partial charge is 0.294 e. The zero-order chi connectivity index (χ0) is 10.4. The van der Waals surface area contributed by atoms with Crippen molar-refractivity contribution in [1.82, 2.24) is 0 Å². The van der Waals surface area contributed by atoms with Crippen molar-refractivity contribution >= 4 is 5.78 Å². The molecular weight excluding hydrogens is 179 g/mol. The van der Waals surface area contributed by atoms with Crippen molar-refractivity contribution in [2.45, 2.75) is 32.6 Å². The van der Waals surface area contributed by atoms with E-state index in [2.05, 4.69) is 6.92 Å². The van der Waals surface area contributed by atoms with Crippen LogP contribution < -0.4 is 0 Å². The van der Waals surface area contributed by atoms with Crippen molar-refractivity contribution in [2.24, 2.45) is 0 Å². The van der Waals surface area contributed by atoms with E-state index in [1.54, 1.807) is 18.2 Å². The van der Waals surface area contributed by atoms with Gasteiger partial charge < -0.3 is 0 Å². The Labute approximate surface area is 83.9 Å². The van der Waals surface area contributed by atoms with Gasteiger partial charge in [0.1, 0.15) is 5.82 Å². The fourth-order valence-corrected chi connectivity index (χ4v) is 1.36. The first kappa shape index (κ1) is 10.9. The van der Waals surface area contributed by atoms with Crippen LogP contribution >= 0.6 is 0 Å². The first-order chi connectivity index (χ1) is 6.75. The van der Waals surface area contributed by atoms with Crippen LogP contribution in [0.3, 0.4) is 0 Å². The van der Waals surface area contributed by atoms with Crippen molar-refractivity contribution in [3.05, 3.63) is 35.6 Å². The predicted octanol–water partition coefficient (Wildman–Crippen LogP) is 3.59. The number of carbonyl (C=O) groups excluding carboxylic acids is 1. The molecule has 0 aromatic heterocycles. The van der Waals surface area contributed by atoms with Gasteiger partial charge in [-0.05, 0) is 18.6 Å². The molecule has 0 bridgehead atoms. The molecule has 0 unspecified atom stereocenters. The molecule has 0 amide bonds. The van der Waals surface area contributed by atoms with Crippen LogP contribution in [0.2, 0.25) is 0 Å². The van der Waals surface area contributed by atoms with Gasteiger partial charge in [0.25, 0.3) is 0 Å². The Morgan fingerprint density at radius 3 is 2.64 bits per heavy atom. The summed E-state index contributed by atoms with van der Waals surface area (Å²) in [4.78, 5) is 11.5. The summed E-state index contributed by atoms with van der Waals surface area (Å²) in [7, 11) is 0. The Morgan fingerprint density at radius 1 is 1.29 bits per heavy atom. The number of unbranched alkanes of at least 4 members (excludes halogenated alkanes) is 2. The van der Waals surface area contributed by atoms with Crippen LogP contribution in [0.4, 0.5) is 4.39 Å². The maximum Gasteiger partial charge on any atom is 0.165 e. The molecule has 0 aliphatic carbocycles. The number of hydrogen-bond donors (Lipinski definition) is 0. The Bertz CT molecular complexity index is 307. The molecule has 0 heterocycles. The molecule has 0 atom stereocenters. The third kappa shape index (κ3) is 2.95. The fourth-order valence-electron chi connectivity index (χ4n) is 1.36. The fraction of sp³-hybridized carbons (Fsp3) is 0.417. The van der Waals surface area contributed by atoms with Crippen LogP contribution in [-0.2, 0) is 0 Å². The summed E-state index contributed by atoms with van der Waals surface area (Å²) in [6.07, 6.45) is 3.41. The average Bonchev–Trinajstić information content (AvgIpc) is 2.18. The lowest BCUT2D eigenvalue weighted by Crippen LogP contribution is -2.01. The summed E-state index contributed by atoms with van der Waals surface area (Å²) >= 11 is 0. The van der Waals surface area contributed by atoms with Gasteiger partial charge in [-0.3, -0.25) is 4.79 Å².